The molecule has 2 heterocycles. The maximum absolute atomic E-state index is 5.56. The molecule has 0 radical (unpaired) electrons. The second-order valence-corrected chi connectivity index (χ2v) is 4.05. The van der Waals surface area contributed by atoms with E-state index in [1.807, 2.05) is 0 Å². The molecule has 2 aliphatic rings. The number of nitrogens with zero attached hydrogens (tertiary/aromatic N) is 1. The minimum absolute atomic E-state index is 0.213. The molecule has 0 spiro atoms. The summed E-state index contributed by atoms with van der Waals surface area (Å²) in [6, 6.07) is 0. The van der Waals surface area contributed by atoms with Gasteiger partial charge in [-0.2, -0.15) is 0 Å². The van der Waals surface area contributed by atoms with Crippen molar-refractivity contribution in [2.45, 2.75) is 11.8 Å². The Morgan fingerprint density at radius 3 is 3.31 bits per heavy atom. The van der Waals surface area contributed by atoms with E-state index < -0.39 is 0 Å². The summed E-state index contributed by atoms with van der Waals surface area (Å²) in [4.78, 5) is 2.59. The molecule has 2 fully saturated rings. The number of anilines is 1. The molecule has 0 aromatic carbocycles. The first-order valence-corrected chi connectivity index (χ1v) is 4.77. The Morgan fingerprint density at radius 2 is 2.69 bits per heavy atom. The third kappa shape index (κ3) is 0.873. The Morgan fingerprint density at radius 1 is 1.77 bits per heavy atom. The molecule has 1 aliphatic heterocycles. The Hall–Kier alpha value is -0.740. The van der Waals surface area contributed by atoms with Gasteiger partial charge in [0.25, 0.3) is 0 Å². The largest absolute Gasteiger partial charge is 0.362 e. The maximum atomic E-state index is 5.56. The van der Waals surface area contributed by atoms with E-state index in [9.17, 15) is 0 Å². The van der Waals surface area contributed by atoms with Crippen LogP contribution in [0, 0.1) is 5.92 Å². The smallest absolute Gasteiger partial charge is 0.148 e. The SMILES string of the molecule is ClNc1conc1C12CNCC1C2. The van der Waals surface area contributed by atoms with E-state index >= 15 is 0 Å². The van der Waals surface area contributed by atoms with E-state index in [1.165, 1.54) is 6.42 Å². The summed E-state index contributed by atoms with van der Waals surface area (Å²) in [6.07, 6.45) is 2.77. The summed E-state index contributed by atoms with van der Waals surface area (Å²) in [7, 11) is 0. The van der Waals surface area contributed by atoms with Crippen molar-refractivity contribution in [1.29, 1.82) is 0 Å². The van der Waals surface area contributed by atoms with Gasteiger partial charge >= 0.3 is 0 Å². The van der Waals surface area contributed by atoms with Gasteiger partial charge in [-0.05, 0) is 18.9 Å². The molecule has 2 N–H and O–H groups in total. The molecule has 2 unspecified atom stereocenters. The van der Waals surface area contributed by atoms with Crippen LogP contribution >= 0.6 is 11.8 Å². The Balaban J connectivity index is 2.00. The average molecular weight is 200 g/mol. The van der Waals surface area contributed by atoms with Crippen LogP contribution in [-0.2, 0) is 5.41 Å². The second-order valence-electron chi connectivity index (χ2n) is 3.86. The number of rotatable bonds is 2. The van der Waals surface area contributed by atoms with Crippen LogP contribution in [0.25, 0.3) is 0 Å². The van der Waals surface area contributed by atoms with Gasteiger partial charge in [-0.3, -0.25) is 4.84 Å². The van der Waals surface area contributed by atoms with Crippen LogP contribution < -0.4 is 10.2 Å². The van der Waals surface area contributed by atoms with E-state index in [2.05, 4.69) is 15.3 Å². The van der Waals surface area contributed by atoms with Gasteiger partial charge < -0.3 is 9.84 Å². The first kappa shape index (κ1) is 7.64. The van der Waals surface area contributed by atoms with Crippen molar-refractivity contribution in [1.82, 2.24) is 10.5 Å². The highest BCUT2D eigenvalue weighted by atomic mass is 35.5. The van der Waals surface area contributed by atoms with Crippen LogP contribution in [0.3, 0.4) is 0 Å². The van der Waals surface area contributed by atoms with E-state index in [0.717, 1.165) is 30.4 Å². The first-order chi connectivity index (χ1) is 6.37. The van der Waals surface area contributed by atoms with E-state index in [4.69, 9.17) is 16.3 Å². The molecule has 4 nitrogen and oxygen atoms in total. The number of piperidine rings is 1. The van der Waals surface area contributed by atoms with Gasteiger partial charge in [0.15, 0.2) is 0 Å². The highest BCUT2D eigenvalue weighted by Gasteiger charge is 2.60. The van der Waals surface area contributed by atoms with E-state index in [0.29, 0.717) is 0 Å². The van der Waals surface area contributed by atoms with Gasteiger partial charge in [-0.15, -0.1) is 0 Å². The van der Waals surface area contributed by atoms with Crippen molar-refractivity contribution >= 4 is 17.5 Å². The fourth-order valence-corrected chi connectivity index (χ4v) is 2.50. The average Bonchev–Trinajstić information content (AvgIpc) is 2.59. The molecule has 0 amide bonds. The maximum Gasteiger partial charge on any atom is 0.148 e. The predicted molar refractivity (Wildman–Crippen MR) is 48.6 cm³/mol. The van der Waals surface area contributed by atoms with Gasteiger partial charge in [0.05, 0.1) is 0 Å². The van der Waals surface area contributed by atoms with Gasteiger partial charge in [-0.1, -0.05) is 5.16 Å². The summed E-state index contributed by atoms with van der Waals surface area (Å²) in [5.74, 6) is 0.723. The highest BCUT2D eigenvalue weighted by Crippen LogP contribution is 2.57. The number of hydrogen-bond donors (Lipinski definition) is 2. The topological polar surface area (TPSA) is 50.1 Å². The molecule has 5 heteroatoms. The molecule has 1 aromatic heterocycles. The minimum Gasteiger partial charge on any atom is -0.362 e. The van der Waals surface area contributed by atoms with Crippen molar-refractivity contribution in [2.24, 2.45) is 5.92 Å². The van der Waals surface area contributed by atoms with Gasteiger partial charge in [0.2, 0.25) is 0 Å². The van der Waals surface area contributed by atoms with Crippen LogP contribution in [0.1, 0.15) is 12.1 Å². The van der Waals surface area contributed by atoms with Crippen molar-refractivity contribution < 1.29 is 4.52 Å². The summed E-state index contributed by atoms with van der Waals surface area (Å²) in [6.45, 7) is 2.09. The van der Waals surface area contributed by atoms with E-state index in [-0.39, 0.29) is 5.41 Å². The van der Waals surface area contributed by atoms with E-state index in [1.54, 1.807) is 6.26 Å². The zero-order valence-electron chi connectivity index (χ0n) is 7.01. The van der Waals surface area contributed by atoms with Gasteiger partial charge in [0.1, 0.15) is 17.6 Å². The number of nitrogens with one attached hydrogen (secondary N) is 2. The lowest BCUT2D eigenvalue weighted by Crippen LogP contribution is -2.20. The monoisotopic (exact) mass is 199 g/mol. The number of fused-ring (bicyclic) bond motifs is 1. The summed E-state index contributed by atoms with van der Waals surface area (Å²) < 4.78 is 4.92. The lowest BCUT2D eigenvalue weighted by atomic mass is 10.0. The quantitative estimate of drug-likeness (QED) is 0.701. The predicted octanol–water partition coefficient (Wildman–Crippen LogP) is 1.10. The number of aromatic nitrogens is 1. The van der Waals surface area contributed by atoms with Crippen LogP contribution in [0.2, 0.25) is 0 Å². The molecule has 0 bridgehead atoms. The molecule has 70 valence electrons. The minimum atomic E-state index is 0.213. The Bertz CT molecular complexity index is 340. The van der Waals surface area contributed by atoms with Gasteiger partial charge in [0, 0.05) is 23.7 Å². The fourth-order valence-electron chi connectivity index (χ4n) is 2.37. The summed E-state index contributed by atoms with van der Waals surface area (Å²) >= 11 is 5.56. The van der Waals surface area contributed by atoms with Crippen molar-refractivity contribution in [3.8, 4) is 0 Å². The normalized spacial score (nSPS) is 35.9. The molecule has 1 aliphatic carbocycles. The zero-order chi connectivity index (χ0) is 8.89. The third-order valence-corrected chi connectivity index (χ3v) is 3.41. The molecular formula is C8H10ClN3O. The van der Waals surface area contributed by atoms with Crippen LogP contribution in [0.15, 0.2) is 10.8 Å². The Labute approximate surface area is 80.7 Å². The third-order valence-electron chi connectivity index (χ3n) is 3.21. The lowest BCUT2D eigenvalue weighted by Gasteiger charge is -2.08. The van der Waals surface area contributed by atoms with Crippen LogP contribution in [-0.4, -0.2) is 18.2 Å². The number of hydrogen-bond acceptors (Lipinski definition) is 4. The number of halogens is 1. The van der Waals surface area contributed by atoms with Crippen molar-refractivity contribution in [3.05, 3.63) is 12.0 Å². The Kier molecular flexibility index (Phi) is 1.41. The fraction of sp³-hybridized carbons (Fsp3) is 0.625. The molecule has 2 atom stereocenters. The molecule has 13 heavy (non-hydrogen) atoms. The molecule has 1 aromatic rings. The molecule has 3 rings (SSSR count). The zero-order valence-corrected chi connectivity index (χ0v) is 7.77. The highest BCUT2D eigenvalue weighted by molar-refractivity contribution is 6.24. The first-order valence-electron chi connectivity index (χ1n) is 4.39. The standard InChI is InChI=1S/C8H10ClN3O/c9-11-6-3-13-12-7(6)8-1-5(8)2-10-4-8/h3,5,10-11H,1-2,4H2. The van der Waals surface area contributed by atoms with Crippen LogP contribution in [0.4, 0.5) is 5.69 Å². The summed E-state index contributed by atoms with van der Waals surface area (Å²) in [5.41, 5.74) is 2.01. The summed E-state index contributed by atoms with van der Waals surface area (Å²) in [5, 5.41) is 7.37. The second kappa shape index (κ2) is 2.39. The molecule has 1 saturated heterocycles. The van der Waals surface area contributed by atoms with Crippen molar-refractivity contribution in [3.63, 3.8) is 0 Å². The lowest BCUT2D eigenvalue weighted by molar-refractivity contribution is 0.402. The molecular weight excluding hydrogens is 190 g/mol. The molecule has 1 saturated carbocycles. The van der Waals surface area contributed by atoms with Crippen LogP contribution in [0.5, 0.6) is 0 Å². The van der Waals surface area contributed by atoms with Gasteiger partial charge in [-0.25, -0.2) is 0 Å². The van der Waals surface area contributed by atoms with Crippen molar-refractivity contribution in [2.75, 3.05) is 17.9 Å².